The van der Waals surface area contributed by atoms with Gasteiger partial charge in [0.15, 0.2) is 0 Å². The first-order valence-electron chi connectivity index (χ1n) is 11.5. The number of nitrogens with one attached hydrogen (secondary N) is 1. The molecule has 180 valence electrons. The maximum Gasteiger partial charge on any atom is 0.329 e. The molecule has 1 heterocycles. The van der Waals surface area contributed by atoms with Gasteiger partial charge < -0.3 is 10.1 Å². The maximum absolute atomic E-state index is 13.2. The second kappa shape index (κ2) is 11.1. The van der Waals surface area contributed by atoms with Crippen molar-refractivity contribution in [3.05, 3.63) is 89.0 Å². The minimum Gasteiger partial charge on any atom is -0.461 e. The van der Waals surface area contributed by atoms with Gasteiger partial charge >= 0.3 is 6.03 Å². The number of nitrogens with zero attached hydrogens (tertiary/aromatic N) is 5. The van der Waals surface area contributed by atoms with E-state index in [-0.39, 0.29) is 6.03 Å². The van der Waals surface area contributed by atoms with Crippen molar-refractivity contribution in [1.29, 1.82) is 10.5 Å². The molecule has 0 radical (unpaired) electrons. The molecule has 1 aliphatic carbocycles. The van der Waals surface area contributed by atoms with Crippen LogP contribution in [0.5, 0.6) is 0 Å². The number of hydrogen-bond acceptors (Lipinski definition) is 5. The monoisotopic (exact) mass is 478 g/mol. The van der Waals surface area contributed by atoms with Gasteiger partial charge in [0.1, 0.15) is 6.61 Å². The van der Waals surface area contributed by atoms with Gasteiger partial charge in [-0.05, 0) is 67.0 Å². The first-order chi connectivity index (χ1) is 17.5. The number of carbonyl (C=O) groups excluding carboxylic acids is 1. The van der Waals surface area contributed by atoms with Gasteiger partial charge in [0.05, 0.1) is 23.3 Å². The number of rotatable bonds is 5. The van der Waals surface area contributed by atoms with Crippen molar-refractivity contribution in [3.8, 4) is 12.1 Å². The second-order valence-corrected chi connectivity index (χ2v) is 8.35. The van der Waals surface area contributed by atoms with E-state index >= 15 is 0 Å². The van der Waals surface area contributed by atoms with Gasteiger partial charge in [-0.2, -0.15) is 10.5 Å². The minimum absolute atomic E-state index is 0.140. The smallest absolute Gasteiger partial charge is 0.329 e. The van der Waals surface area contributed by atoms with Crippen LogP contribution in [-0.4, -0.2) is 38.8 Å². The zero-order valence-electron chi connectivity index (χ0n) is 20.2. The normalized spacial score (nSPS) is 15.6. The fourth-order valence-corrected chi connectivity index (χ4v) is 3.95. The summed E-state index contributed by atoms with van der Waals surface area (Å²) < 4.78 is 5.91. The molecule has 8 nitrogen and oxygen atoms in total. The van der Waals surface area contributed by atoms with Crippen molar-refractivity contribution in [1.82, 2.24) is 0 Å². The molecule has 1 saturated heterocycles. The molecule has 2 amide bonds. The van der Waals surface area contributed by atoms with E-state index in [1.807, 2.05) is 43.3 Å². The van der Waals surface area contributed by atoms with Crippen LogP contribution in [0.25, 0.3) is 0 Å². The fraction of sp³-hybridized carbons (Fsp3) is 0.214. The molecule has 0 bridgehead atoms. The number of amides is 2. The van der Waals surface area contributed by atoms with Crippen LogP contribution in [0.3, 0.4) is 0 Å². The summed E-state index contributed by atoms with van der Waals surface area (Å²) in [6.45, 7) is 3.36. The van der Waals surface area contributed by atoms with Crippen molar-refractivity contribution < 1.29 is 9.53 Å². The third-order valence-corrected chi connectivity index (χ3v) is 5.97. The lowest BCUT2D eigenvalue weighted by atomic mass is 10.1. The van der Waals surface area contributed by atoms with Crippen molar-refractivity contribution in [2.24, 2.45) is 4.99 Å². The lowest BCUT2D eigenvalue weighted by Crippen LogP contribution is -2.31. The summed E-state index contributed by atoms with van der Waals surface area (Å²) in [4.78, 5) is 20.8. The molecule has 2 aromatic carbocycles. The van der Waals surface area contributed by atoms with Gasteiger partial charge in [0.25, 0.3) is 6.02 Å². The van der Waals surface area contributed by atoms with Crippen LogP contribution in [0.1, 0.15) is 17.5 Å². The summed E-state index contributed by atoms with van der Waals surface area (Å²) in [5.41, 5.74) is 5.37. The lowest BCUT2D eigenvalue weighted by molar-refractivity contribution is 0.256. The van der Waals surface area contributed by atoms with Gasteiger partial charge in [-0.1, -0.05) is 24.3 Å². The van der Waals surface area contributed by atoms with Gasteiger partial charge in [-0.15, -0.1) is 0 Å². The Morgan fingerprint density at radius 2 is 1.86 bits per heavy atom. The van der Waals surface area contributed by atoms with Gasteiger partial charge in [-0.3, -0.25) is 9.80 Å². The molecule has 1 aliphatic heterocycles. The molecule has 0 saturated carbocycles. The second-order valence-electron chi connectivity index (χ2n) is 8.35. The van der Waals surface area contributed by atoms with Crippen LogP contribution in [0.15, 0.2) is 82.9 Å². The summed E-state index contributed by atoms with van der Waals surface area (Å²) >= 11 is 0. The number of nitriles is 2. The van der Waals surface area contributed by atoms with Crippen LogP contribution in [0.4, 0.5) is 21.9 Å². The highest BCUT2D eigenvalue weighted by atomic mass is 16.5. The molecule has 0 unspecified atom stereocenters. The van der Waals surface area contributed by atoms with Crippen LogP contribution >= 0.6 is 0 Å². The van der Waals surface area contributed by atoms with E-state index < -0.39 is 0 Å². The largest absolute Gasteiger partial charge is 0.461 e. The quantitative estimate of drug-likeness (QED) is 0.478. The zero-order valence-corrected chi connectivity index (χ0v) is 20.2. The van der Waals surface area contributed by atoms with Crippen LogP contribution < -0.4 is 15.1 Å². The average molecular weight is 479 g/mol. The van der Waals surface area contributed by atoms with Gasteiger partial charge in [-0.25, -0.2) is 9.79 Å². The number of aliphatic imine (C=N–C) groups is 1. The predicted octanol–water partition coefficient (Wildman–Crippen LogP) is 5.06. The first-order valence-corrected chi connectivity index (χ1v) is 11.5. The SMILES string of the molecule is CN=C(Nc1cc(N2CCN(c3cccc(C#N)c3)C2=O)ccc1C)OCC1=CC=C(C#N)C=CC1. The van der Waals surface area contributed by atoms with Crippen molar-refractivity contribution in [2.45, 2.75) is 13.3 Å². The van der Waals surface area contributed by atoms with Gasteiger partial charge in [0, 0.05) is 37.2 Å². The van der Waals surface area contributed by atoms with E-state index in [1.54, 1.807) is 47.2 Å². The van der Waals surface area contributed by atoms with Crippen molar-refractivity contribution >= 4 is 29.1 Å². The number of anilines is 3. The van der Waals surface area contributed by atoms with E-state index in [0.29, 0.717) is 49.0 Å². The van der Waals surface area contributed by atoms with Crippen LogP contribution in [0, 0.1) is 29.6 Å². The molecule has 4 rings (SSSR count). The van der Waals surface area contributed by atoms with Crippen molar-refractivity contribution in [2.75, 3.05) is 41.9 Å². The molecule has 8 heteroatoms. The number of aryl methyl sites for hydroxylation is 1. The Morgan fingerprint density at radius 3 is 2.58 bits per heavy atom. The molecular formula is C28H26N6O2. The van der Waals surface area contributed by atoms with Crippen LogP contribution in [-0.2, 0) is 4.74 Å². The highest BCUT2D eigenvalue weighted by Gasteiger charge is 2.31. The minimum atomic E-state index is -0.140. The summed E-state index contributed by atoms with van der Waals surface area (Å²) in [7, 11) is 1.65. The average Bonchev–Trinajstić information content (AvgIpc) is 3.14. The molecule has 0 spiro atoms. The van der Waals surface area contributed by atoms with E-state index in [2.05, 4.69) is 22.4 Å². The Kier molecular flexibility index (Phi) is 7.48. The van der Waals surface area contributed by atoms with E-state index in [1.165, 1.54) is 0 Å². The zero-order chi connectivity index (χ0) is 25.5. The van der Waals surface area contributed by atoms with E-state index in [9.17, 15) is 10.1 Å². The Hall–Kier alpha value is -4.82. The standard InChI is InChI=1S/C28H26N6O2/c1-20-9-12-25(34-14-13-33(28(34)35)24-8-4-7-23(15-24)18-30)16-26(20)32-27(31-2)36-19-22-6-3-5-21(17-29)10-11-22/h3-5,7-12,15-16H,6,13-14,19H2,1-2H3,(H,31,32). The molecular weight excluding hydrogens is 452 g/mol. The summed E-state index contributed by atoms with van der Waals surface area (Å²) in [6, 6.07) is 17.3. The topological polar surface area (TPSA) is 105 Å². The molecule has 0 aromatic heterocycles. The highest BCUT2D eigenvalue weighted by Crippen LogP contribution is 2.29. The lowest BCUT2D eigenvalue weighted by Gasteiger charge is -2.21. The fourth-order valence-electron chi connectivity index (χ4n) is 3.95. The summed E-state index contributed by atoms with van der Waals surface area (Å²) in [6.07, 6.45) is 8.10. The van der Waals surface area contributed by atoms with E-state index in [0.717, 1.165) is 22.5 Å². The first kappa shape index (κ1) is 24.3. The molecule has 2 aliphatic rings. The third kappa shape index (κ3) is 5.45. The Balaban J connectivity index is 1.45. The molecule has 2 aromatic rings. The summed E-state index contributed by atoms with van der Waals surface area (Å²) in [5.74, 6) is 0. The Morgan fingerprint density at radius 1 is 1.08 bits per heavy atom. The number of hydrogen-bond donors (Lipinski definition) is 1. The number of benzene rings is 2. The molecule has 1 fully saturated rings. The number of urea groups is 1. The molecule has 0 atom stereocenters. The Bertz CT molecular complexity index is 1370. The van der Waals surface area contributed by atoms with Crippen LogP contribution in [0.2, 0.25) is 0 Å². The molecule has 1 N–H and O–H groups in total. The number of ether oxygens (including phenoxy) is 1. The Labute approximate surface area is 210 Å². The highest BCUT2D eigenvalue weighted by molar-refractivity contribution is 6.06. The number of amidine groups is 1. The number of allylic oxidation sites excluding steroid dienone is 5. The predicted molar refractivity (Wildman–Crippen MR) is 141 cm³/mol. The number of carbonyl (C=O) groups is 1. The third-order valence-electron chi connectivity index (χ3n) is 5.97. The molecule has 36 heavy (non-hydrogen) atoms. The van der Waals surface area contributed by atoms with Crippen molar-refractivity contribution in [3.63, 3.8) is 0 Å². The maximum atomic E-state index is 13.2. The summed E-state index contributed by atoms with van der Waals surface area (Å²) in [5, 5.41) is 21.5. The van der Waals surface area contributed by atoms with Gasteiger partial charge in [0.2, 0.25) is 0 Å². The van der Waals surface area contributed by atoms with E-state index in [4.69, 9.17) is 10.00 Å².